The molecule has 2 aromatic carbocycles. The maximum atomic E-state index is 13.9. The lowest BCUT2D eigenvalue weighted by Crippen LogP contribution is -2.55. The standard InChI is InChI=1S/C25H33ClN4O5S/c1-27(2)10-11-30(36(33,34)21-7-5-18-14-20(26)6-4-19(18)15-21)22-8-9-29(25(22)32)23(17-31)24-16-28(3)12-13-35-24/h4-7,14-15,17,22-24H,8-13,16H2,1-3H3/t22-,23+,24?/m0/s1. The van der Waals surface area contributed by atoms with Crippen molar-refractivity contribution >= 4 is 44.6 Å². The van der Waals surface area contributed by atoms with Gasteiger partial charge in [-0.3, -0.25) is 4.79 Å². The summed E-state index contributed by atoms with van der Waals surface area (Å²) in [7, 11) is 1.65. The van der Waals surface area contributed by atoms with Gasteiger partial charge in [-0.15, -0.1) is 0 Å². The Morgan fingerprint density at radius 2 is 1.86 bits per heavy atom. The number of nitrogens with zero attached hydrogens (tertiary/aromatic N) is 4. The van der Waals surface area contributed by atoms with Crippen LogP contribution in [0.15, 0.2) is 41.3 Å². The van der Waals surface area contributed by atoms with E-state index in [1.807, 2.05) is 26.0 Å². The number of aldehydes is 1. The Morgan fingerprint density at radius 1 is 1.14 bits per heavy atom. The van der Waals surface area contributed by atoms with Crippen LogP contribution in [0.1, 0.15) is 6.42 Å². The topological polar surface area (TPSA) is 90.5 Å². The Morgan fingerprint density at radius 3 is 2.56 bits per heavy atom. The number of morpholine rings is 1. The summed E-state index contributed by atoms with van der Waals surface area (Å²) in [6.45, 7) is 2.65. The van der Waals surface area contributed by atoms with Crippen molar-refractivity contribution in [1.82, 2.24) is 19.0 Å². The lowest BCUT2D eigenvalue weighted by atomic mass is 10.1. The molecule has 9 nitrogen and oxygen atoms in total. The van der Waals surface area contributed by atoms with Crippen molar-refractivity contribution in [2.24, 2.45) is 0 Å². The maximum Gasteiger partial charge on any atom is 0.243 e. The van der Waals surface area contributed by atoms with Crippen LogP contribution >= 0.6 is 11.6 Å². The Bertz CT molecular complexity index is 1220. The highest BCUT2D eigenvalue weighted by atomic mass is 35.5. The van der Waals surface area contributed by atoms with Crippen LogP contribution < -0.4 is 0 Å². The number of fused-ring (bicyclic) bond motifs is 1. The summed E-state index contributed by atoms with van der Waals surface area (Å²) in [5.74, 6) is -0.362. The molecule has 0 aromatic heterocycles. The van der Waals surface area contributed by atoms with Gasteiger partial charge in [-0.2, -0.15) is 4.31 Å². The van der Waals surface area contributed by atoms with E-state index in [0.717, 1.165) is 23.6 Å². The van der Waals surface area contributed by atoms with Crippen molar-refractivity contribution < 1.29 is 22.7 Å². The summed E-state index contributed by atoms with van der Waals surface area (Å²) < 4.78 is 34.9. The van der Waals surface area contributed by atoms with Crippen molar-refractivity contribution in [2.75, 3.05) is 60.5 Å². The van der Waals surface area contributed by atoms with Crippen LogP contribution in [0, 0.1) is 0 Å². The van der Waals surface area contributed by atoms with Gasteiger partial charge in [0.05, 0.1) is 17.6 Å². The number of sulfonamides is 1. The molecule has 11 heteroatoms. The summed E-state index contributed by atoms with van der Waals surface area (Å²) in [6, 6.07) is 8.51. The van der Waals surface area contributed by atoms with Gasteiger partial charge < -0.3 is 24.2 Å². The molecule has 4 rings (SSSR count). The third kappa shape index (κ3) is 5.58. The summed E-state index contributed by atoms with van der Waals surface area (Å²) in [4.78, 5) is 31.2. The number of ether oxygens (including phenoxy) is 1. The number of hydrogen-bond acceptors (Lipinski definition) is 7. The Labute approximate surface area is 217 Å². The molecule has 1 unspecified atom stereocenters. The predicted octanol–water partition coefficient (Wildman–Crippen LogP) is 1.54. The number of amides is 1. The first-order valence-corrected chi connectivity index (χ1v) is 13.9. The predicted molar refractivity (Wildman–Crippen MR) is 139 cm³/mol. The van der Waals surface area contributed by atoms with E-state index in [0.29, 0.717) is 37.7 Å². The molecular weight excluding hydrogens is 504 g/mol. The van der Waals surface area contributed by atoms with E-state index < -0.39 is 28.2 Å². The Balaban J connectivity index is 1.63. The molecule has 2 aliphatic heterocycles. The number of carbonyl (C=O) groups excluding carboxylic acids is 2. The lowest BCUT2D eigenvalue weighted by molar-refractivity contribution is -0.142. The van der Waals surface area contributed by atoms with E-state index in [4.69, 9.17) is 16.3 Å². The molecule has 0 radical (unpaired) electrons. The number of hydrogen-bond donors (Lipinski definition) is 0. The van der Waals surface area contributed by atoms with E-state index in [2.05, 4.69) is 4.90 Å². The number of rotatable bonds is 9. The molecule has 1 amide bonds. The Kier molecular flexibility index (Phi) is 8.33. The van der Waals surface area contributed by atoms with Crippen LogP contribution in [-0.4, -0.2) is 118 Å². The normalized spacial score (nSPS) is 22.6. The second-order valence-corrected chi connectivity index (χ2v) is 12.0. The van der Waals surface area contributed by atoms with Gasteiger partial charge in [0.1, 0.15) is 18.4 Å². The summed E-state index contributed by atoms with van der Waals surface area (Å²) in [6.07, 6.45) is 0.613. The number of benzene rings is 2. The summed E-state index contributed by atoms with van der Waals surface area (Å²) in [5.41, 5.74) is 0. The van der Waals surface area contributed by atoms with E-state index in [1.165, 1.54) is 9.21 Å². The molecule has 2 aliphatic rings. The molecule has 3 atom stereocenters. The highest BCUT2D eigenvalue weighted by molar-refractivity contribution is 7.89. The first-order chi connectivity index (χ1) is 17.1. The van der Waals surface area contributed by atoms with Gasteiger partial charge in [0.25, 0.3) is 0 Å². The van der Waals surface area contributed by atoms with Gasteiger partial charge in [0.2, 0.25) is 15.9 Å². The monoisotopic (exact) mass is 536 g/mol. The zero-order valence-corrected chi connectivity index (χ0v) is 22.4. The number of halogens is 1. The zero-order valence-electron chi connectivity index (χ0n) is 20.8. The first-order valence-electron chi connectivity index (χ1n) is 12.0. The summed E-state index contributed by atoms with van der Waals surface area (Å²) >= 11 is 6.08. The minimum atomic E-state index is -4.01. The molecule has 0 spiro atoms. The van der Waals surface area contributed by atoms with E-state index in [1.54, 1.807) is 36.4 Å². The van der Waals surface area contributed by atoms with E-state index >= 15 is 0 Å². The average molecular weight is 537 g/mol. The highest BCUT2D eigenvalue weighted by Crippen LogP contribution is 2.29. The van der Waals surface area contributed by atoms with Gasteiger partial charge in [0.15, 0.2) is 0 Å². The molecular formula is C25H33ClN4O5S. The first kappa shape index (κ1) is 27.0. The van der Waals surface area contributed by atoms with Crippen molar-refractivity contribution in [3.8, 4) is 0 Å². The van der Waals surface area contributed by atoms with E-state index in [-0.39, 0.29) is 17.3 Å². The van der Waals surface area contributed by atoms with Crippen molar-refractivity contribution in [2.45, 2.75) is 29.5 Å². The van der Waals surface area contributed by atoms with Crippen molar-refractivity contribution in [1.29, 1.82) is 0 Å². The average Bonchev–Trinajstić information content (AvgIpc) is 3.19. The van der Waals surface area contributed by atoms with Crippen LogP contribution in [0.5, 0.6) is 0 Å². The number of carbonyl (C=O) groups is 2. The fraction of sp³-hybridized carbons (Fsp3) is 0.520. The molecule has 2 saturated heterocycles. The highest BCUT2D eigenvalue weighted by Gasteiger charge is 2.46. The van der Waals surface area contributed by atoms with Gasteiger partial charge in [-0.1, -0.05) is 23.7 Å². The molecule has 2 heterocycles. The van der Waals surface area contributed by atoms with Gasteiger partial charge in [-0.25, -0.2) is 8.42 Å². The minimum absolute atomic E-state index is 0.117. The van der Waals surface area contributed by atoms with Crippen LogP contribution in [-0.2, 0) is 24.3 Å². The van der Waals surface area contributed by atoms with Crippen molar-refractivity contribution in [3.63, 3.8) is 0 Å². The smallest absolute Gasteiger partial charge is 0.243 e. The quantitative estimate of drug-likeness (QED) is 0.449. The lowest BCUT2D eigenvalue weighted by Gasteiger charge is -2.37. The van der Waals surface area contributed by atoms with E-state index in [9.17, 15) is 18.0 Å². The Hall–Kier alpha value is -2.08. The third-order valence-corrected chi connectivity index (χ3v) is 9.02. The third-order valence-electron chi connectivity index (χ3n) is 6.88. The molecule has 196 valence electrons. The molecule has 0 N–H and O–H groups in total. The molecule has 2 aromatic rings. The molecule has 0 aliphatic carbocycles. The fourth-order valence-electron chi connectivity index (χ4n) is 4.86. The second-order valence-electron chi connectivity index (χ2n) is 9.71. The van der Waals surface area contributed by atoms with Gasteiger partial charge in [-0.05, 0) is 62.6 Å². The van der Waals surface area contributed by atoms with Crippen molar-refractivity contribution in [3.05, 3.63) is 41.4 Å². The number of likely N-dealkylation sites (N-methyl/N-ethyl adjacent to an activating group) is 2. The van der Waals surface area contributed by atoms with Crippen LogP contribution in [0.25, 0.3) is 10.8 Å². The molecule has 2 fully saturated rings. The largest absolute Gasteiger partial charge is 0.373 e. The molecule has 36 heavy (non-hydrogen) atoms. The van der Waals surface area contributed by atoms with Crippen LogP contribution in [0.2, 0.25) is 5.02 Å². The van der Waals surface area contributed by atoms with Crippen LogP contribution in [0.3, 0.4) is 0 Å². The molecule has 0 saturated carbocycles. The SMILES string of the molecule is CN(C)CCN([C@H]1CCN([C@H](C=O)C2CN(C)CCO2)C1=O)S(=O)(=O)c1ccc2cc(Cl)ccc2c1. The molecule has 0 bridgehead atoms. The van der Waals surface area contributed by atoms with Gasteiger partial charge >= 0.3 is 0 Å². The number of likely N-dealkylation sites (tertiary alicyclic amines) is 1. The zero-order chi connectivity index (χ0) is 26.0. The minimum Gasteiger partial charge on any atom is -0.373 e. The summed E-state index contributed by atoms with van der Waals surface area (Å²) in [5, 5.41) is 2.14. The van der Waals surface area contributed by atoms with Crippen LogP contribution in [0.4, 0.5) is 0 Å². The maximum absolute atomic E-state index is 13.9. The second kappa shape index (κ2) is 11.1. The fourth-order valence-corrected chi connectivity index (χ4v) is 6.68. The van der Waals surface area contributed by atoms with Gasteiger partial charge in [0, 0.05) is 37.7 Å².